The molecule has 1 saturated heterocycles. The summed E-state index contributed by atoms with van der Waals surface area (Å²) in [6.45, 7) is 2.74. The lowest BCUT2D eigenvalue weighted by Crippen LogP contribution is -2.38. The van der Waals surface area contributed by atoms with Crippen LogP contribution in [0.3, 0.4) is 0 Å². The molecule has 0 amide bonds. The van der Waals surface area contributed by atoms with Gasteiger partial charge >= 0.3 is 0 Å². The van der Waals surface area contributed by atoms with Crippen LogP contribution in [0.4, 0.5) is 5.95 Å². The second kappa shape index (κ2) is 8.38. The van der Waals surface area contributed by atoms with Crippen molar-refractivity contribution in [2.45, 2.75) is 0 Å². The minimum atomic E-state index is 0.444. The summed E-state index contributed by atoms with van der Waals surface area (Å²) >= 11 is 0. The smallest absolute Gasteiger partial charge is 0.232 e. The Morgan fingerprint density at radius 2 is 1.84 bits per heavy atom. The van der Waals surface area contributed by atoms with E-state index in [0.717, 1.165) is 35.2 Å². The Morgan fingerprint density at radius 3 is 2.65 bits per heavy atom. The minimum Gasteiger partial charge on any atom is -0.378 e. The van der Waals surface area contributed by atoms with Gasteiger partial charge in [0.2, 0.25) is 5.95 Å². The number of rotatable bonds is 4. The molecule has 2 aromatic heterocycles. The molecule has 0 N–H and O–H groups in total. The molecule has 3 heterocycles. The van der Waals surface area contributed by atoms with Gasteiger partial charge in [-0.25, -0.2) is 0 Å². The maximum absolute atomic E-state index is 10.00. The van der Waals surface area contributed by atoms with E-state index in [9.17, 15) is 5.26 Å². The fraction of sp³-hybridized carbons (Fsp3) is 0.167. The molecule has 1 aliphatic heterocycles. The van der Waals surface area contributed by atoms with E-state index in [-0.39, 0.29) is 0 Å². The molecule has 5 rings (SSSR count). The zero-order valence-corrected chi connectivity index (χ0v) is 16.8. The molecule has 7 nitrogen and oxygen atoms in total. The number of aromatic nitrogens is 4. The van der Waals surface area contributed by atoms with Crippen molar-refractivity contribution in [1.29, 1.82) is 5.26 Å². The van der Waals surface area contributed by atoms with Gasteiger partial charge in [0.25, 0.3) is 0 Å². The lowest BCUT2D eigenvalue weighted by molar-refractivity contribution is 0.122. The Bertz CT molecular complexity index is 1280. The predicted molar refractivity (Wildman–Crippen MR) is 120 cm³/mol. The average molecular weight is 408 g/mol. The highest BCUT2D eigenvalue weighted by Crippen LogP contribution is 2.27. The maximum Gasteiger partial charge on any atom is 0.232 e. The van der Waals surface area contributed by atoms with Crippen LogP contribution in [0.25, 0.3) is 28.2 Å². The fourth-order valence-corrected chi connectivity index (χ4v) is 3.73. The Morgan fingerprint density at radius 1 is 1.00 bits per heavy atom. The molecule has 2 aromatic carbocycles. The van der Waals surface area contributed by atoms with Crippen molar-refractivity contribution < 1.29 is 4.74 Å². The van der Waals surface area contributed by atoms with Crippen LogP contribution in [0.2, 0.25) is 0 Å². The van der Waals surface area contributed by atoms with Crippen molar-refractivity contribution in [3.05, 3.63) is 78.2 Å². The molecule has 1 aliphatic rings. The number of morpholine rings is 1. The van der Waals surface area contributed by atoms with Gasteiger partial charge in [-0.05, 0) is 42.0 Å². The summed E-state index contributed by atoms with van der Waals surface area (Å²) < 4.78 is 7.44. The largest absolute Gasteiger partial charge is 0.378 e. The molecule has 0 aliphatic carbocycles. The highest BCUT2D eigenvalue weighted by atomic mass is 16.5. The van der Waals surface area contributed by atoms with E-state index in [1.54, 1.807) is 6.20 Å². The first-order chi connectivity index (χ1) is 15.3. The molecular formula is C24H20N6O. The van der Waals surface area contributed by atoms with Gasteiger partial charge in [-0.15, -0.1) is 10.2 Å². The third kappa shape index (κ3) is 3.77. The molecule has 0 radical (unpaired) electrons. The second-order valence-corrected chi connectivity index (χ2v) is 7.22. The first-order valence-electron chi connectivity index (χ1n) is 10.1. The molecule has 1 fully saturated rings. The van der Waals surface area contributed by atoms with Gasteiger partial charge in [-0.1, -0.05) is 30.3 Å². The summed E-state index contributed by atoms with van der Waals surface area (Å²) in [5.41, 5.74) is 3.18. The Balaban J connectivity index is 1.62. The molecule has 7 heteroatoms. The number of pyridine rings is 1. The lowest BCUT2D eigenvalue weighted by Gasteiger charge is -2.28. The van der Waals surface area contributed by atoms with Gasteiger partial charge in [0.05, 0.1) is 30.0 Å². The van der Waals surface area contributed by atoms with Crippen molar-refractivity contribution in [1.82, 2.24) is 19.7 Å². The van der Waals surface area contributed by atoms with Crippen molar-refractivity contribution in [2.75, 3.05) is 31.2 Å². The van der Waals surface area contributed by atoms with Gasteiger partial charge in [-0.2, -0.15) is 5.26 Å². The molecule has 0 unspecified atom stereocenters. The van der Waals surface area contributed by atoms with E-state index in [1.165, 1.54) is 0 Å². The normalized spacial score (nSPS) is 14.5. The van der Waals surface area contributed by atoms with Crippen LogP contribution < -0.4 is 4.90 Å². The maximum atomic E-state index is 10.00. The summed E-state index contributed by atoms with van der Waals surface area (Å²) in [6.07, 6.45) is 3.62. The quantitative estimate of drug-likeness (QED) is 0.479. The SMILES string of the molecule is N#CC(=Cc1ccc2ncccc2c1)c1nnc(N2CCOCC2)n1-c1ccccc1. The number of anilines is 1. The third-order valence-corrected chi connectivity index (χ3v) is 5.25. The molecule has 0 bridgehead atoms. The topological polar surface area (TPSA) is 79.9 Å². The second-order valence-electron chi connectivity index (χ2n) is 7.22. The molecule has 152 valence electrons. The van der Waals surface area contributed by atoms with Crippen LogP contribution >= 0.6 is 0 Å². The van der Waals surface area contributed by atoms with Gasteiger partial charge < -0.3 is 9.64 Å². The zero-order chi connectivity index (χ0) is 21.0. The minimum absolute atomic E-state index is 0.444. The van der Waals surface area contributed by atoms with E-state index >= 15 is 0 Å². The molecule has 0 saturated carbocycles. The average Bonchev–Trinajstić information content (AvgIpc) is 3.28. The molecular weight excluding hydrogens is 388 g/mol. The van der Waals surface area contributed by atoms with Crippen LogP contribution in [0.5, 0.6) is 0 Å². The lowest BCUT2D eigenvalue weighted by atomic mass is 10.1. The summed E-state index contributed by atoms with van der Waals surface area (Å²) in [6, 6.07) is 22.1. The standard InChI is InChI=1S/C24H20N6O/c25-17-20(16-18-8-9-22-19(15-18)5-4-10-26-22)23-27-28-24(29-11-13-31-14-12-29)30(23)21-6-2-1-3-7-21/h1-10,15-16H,11-14H2. The van der Waals surface area contributed by atoms with E-state index in [4.69, 9.17) is 4.74 Å². The van der Waals surface area contributed by atoms with Gasteiger partial charge in [-0.3, -0.25) is 9.55 Å². The molecule has 31 heavy (non-hydrogen) atoms. The number of benzene rings is 2. The number of ether oxygens (including phenoxy) is 1. The molecule has 0 spiro atoms. The first kappa shape index (κ1) is 19.0. The number of nitriles is 1. The number of allylic oxidation sites excluding steroid dienone is 1. The van der Waals surface area contributed by atoms with E-state index in [2.05, 4.69) is 26.2 Å². The number of fused-ring (bicyclic) bond motifs is 1. The zero-order valence-electron chi connectivity index (χ0n) is 16.8. The number of hydrogen-bond acceptors (Lipinski definition) is 6. The summed E-state index contributed by atoms with van der Waals surface area (Å²) in [7, 11) is 0. The van der Waals surface area contributed by atoms with Gasteiger partial charge in [0, 0.05) is 24.7 Å². The van der Waals surface area contributed by atoms with Crippen LogP contribution in [-0.2, 0) is 4.74 Å². The summed E-state index contributed by atoms with van der Waals surface area (Å²) in [4.78, 5) is 6.50. The fourth-order valence-electron chi connectivity index (χ4n) is 3.73. The van der Waals surface area contributed by atoms with Crippen LogP contribution in [0.1, 0.15) is 11.4 Å². The molecule has 0 atom stereocenters. The molecule has 4 aromatic rings. The number of nitrogens with zero attached hydrogens (tertiary/aromatic N) is 6. The van der Waals surface area contributed by atoms with E-state index < -0.39 is 0 Å². The van der Waals surface area contributed by atoms with Crippen LogP contribution in [0, 0.1) is 11.3 Å². The van der Waals surface area contributed by atoms with Crippen molar-refractivity contribution in [3.63, 3.8) is 0 Å². The van der Waals surface area contributed by atoms with E-state index in [1.807, 2.05) is 71.3 Å². The number of para-hydroxylation sites is 1. The highest BCUT2D eigenvalue weighted by Gasteiger charge is 2.23. The summed E-state index contributed by atoms with van der Waals surface area (Å²) in [5, 5.41) is 19.9. The third-order valence-electron chi connectivity index (χ3n) is 5.25. The van der Waals surface area contributed by atoms with Crippen molar-refractivity contribution >= 4 is 28.5 Å². The van der Waals surface area contributed by atoms with Crippen LogP contribution in [0.15, 0.2) is 66.9 Å². The Labute approximate surface area is 179 Å². The predicted octanol–water partition coefficient (Wildman–Crippen LogP) is 3.72. The highest BCUT2D eigenvalue weighted by molar-refractivity contribution is 5.90. The van der Waals surface area contributed by atoms with Gasteiger partial charge in [0.1, 0.15) is 6.07 Å². The number of hydrogen-bond donors (Lipinski definition) is 0. The Kier molecular flexibility index (Phi) is 5.13. The van der Waals surface area contributed by atoms with Crippen molar-refractivity contribution in [2.24, 2.45) is 0 Å². The van der Waals surface area contributed by atoms with E-state index in [0.29, 0.717) is 30.6 Å². The first-order valence-corrected chi connectivity index (χ1v) is 10.1. The van der Waals surface area contributed by atoms with Crippen molar-refractivity contribution in [3.8, 4) is 11.8 Å². The van der Waals surface area contributed by atoms with Crippen LogP contribution in [-0.4, -0.2) is 46.1 Å². The Hall–Kier alpha value is -4.02. The summed E-state index contributed by atoms with van der Waals surface area (Å²) in [5.74, 6) is 1.23. The monoisotopic (exact) mass is 408 g/mol. The van der Waals surface area contributed by atoms with Gasteiger partial charge in [0.15, 0.2) is 5.82 Å².